The van der Waals surface area contributed by atoms with Crippen LogP contribution in [0.25, 0.3) is 0 Å². The second-order valence-corrected chi connectivity index (χ2v) is 7.13. The molecule has 0 bridgehead atoms. The summed E-state index contributed by atoms with van der Waals surface area (Å²) < 4.78 is 0.398. The van der Waals surface area contributed by atoms with Gasteiger partial charge in [-0.2, -0.15) is 11.8 Å². The molecule has 2 aliphatic rings. The number of thioether (sulfide) groups is 1. The van der Waals surface area contributed by atoms with Gasteiger partial charge in [0.25, 0.3) is 0 Å². The molecule has 0 spiro atoms. The van der Waals surface area contributed by atoms with Crippen LogP contribution in [0.5, 0.6) is 0 Å². The van der Waals surface area contributed by atoms with E-state index >= 15 is 0 Å². The van der Waals surface area contributed by atoms with Crippen molar-refractivity contribution in [1.29, 1.82) is 0 Å². The number of hydrogen-bond acceptors (Lipinski definition) is 3. The van der Waals surface area contributed by atoms with Crippen molar-refractivity contribution < 1.29 is 0 Å². The molecule has 0 aromatic rings. The van der Waals surface area contributed by atoms with Gasteiger partial charge in [-0.1, -0.05) is 0 Å². The topological polar surface area (TPSA) is 39.7 Å². The van der Waals surface area contributed by atoms with Crippen molar-refractivity contribution in [2.75, 3.05) is 45.5 Å². The minimum atomic E-state index is 0.398. The van der Waals surface area contributed by atoms with Crippen LogP contribution < -0.4 is 10.6 Å². The number of nitrogens with one attached hydrogen (secondary N) is 2. The minimum absolute atomic E-state index is 0.398. The van der Waals surface area contributed by atoms with Crippen LogP contribution in [0.2, 0.25) is 0 Å². The van der Waals surface area contributed by atoms with Crippen LogP contribution in [0.1, 0.15) is 26.2 Å². The number of nitrogens with zero attached hydrogens (tertiary/aromatic N) is 2. The van der Waals surface area contributed by atoms with Crippen LogP contribution in [-0.2, 0) is 0 Å². The zero-order chi connectivity index (χ0) is 12.8. The summed E-state index contributed by atoms with van der Waals surface area (Å²) in [6, 6.07) is 0. The lowest BCUT2D eigenvalue weighted by molar-refractivity contribution is 0.185. The van der Waals surface area contributed by atoms with E-state index in [2.05, 4.69) is 39.2 Å². The van der Waals surface area contributed by atoms with Gasteiger partial charge < -0.3 is 15.5 Å². The molecule has 2 heterocycles. The Morgan fingerprint density at radius 3 is 2.72 bits per heavy atom. The van der Waals surface area contributed by atoms with Crippen LogP contribution >= 0.6 is 11.8 Å². The molecule has 104 valence electrons. The Bertz CT molecular complexity index is 283. The van der Waals surface area contributed by atoms with Crippen molar-refractivity contribution in [3.63, 3.8) is 0 Å². The highest BCUT2D eigenvalue weighted by Gasteiger charge is 2.29. The van der Waals surface area contributed by atoms with Gasteiger partial charge in [-0.3, -0.25) is 4.99 Å². The van der Waals surface area contributed by atoms with E-state index in [0.29, 0.717) is 4.75 Å². The molecule has 4 nitrogen and oxygen atoms in total. The Hall–Kier alpha value is -0.420. The summed E-state index contributed by atoms with van der Waals surface area (Å²) >= 11 is 2.09. The molecule has 2 saturated heterocycles. The molecule has 1 unspecified atom stereocenters. The summed E-state index contributed by atoms with van der Waals surface area (Å²) in [5, 5.41) is 6.86. The minimum Gasteiger partial charge on any atom is -0.355 e. The summed E-state index contributed by atoms with van der Waals surface area (Å²) in [7, 11) is 1.85. The molecule has 5 heteroatoms. The van der Waals surface area contributed by atoms with Gasteiger partial charge in [0.2, 0.25) is 0 Å². The predicted molar refractivity (Wildman–Crippen MR) is 80.5 cm³/mol. The standard InChI is InChI=1S/C13H26N4S/c1-13(5-3-10-18-13)11-16-12(14-2)15-6-9-17-7-4-8-17/h3-11H2,1-2H3,(H2,14,15,16). The lowest BCUT2D eigenvalue weighted by Crippen LogP contribution is -2.47. The Morgan fingerprint density at radius 2 is 2.17 bits per heavy atom. The van der Waals surface area contributed by atoms with Gasteiger partial charge >= 0.3 is 0 Å². The van der Waals surface area contributed by atoms with Crippen LogP contribution in [0.4, 0.5) is 0 Å². The predicted octanol–water partition coefficient (Wildman–Crippen LogP) is 1.14. The summed E-state index contributed by atoms with van der Waals surface area (Å²) in [4.78, 5) is 6.75. The van der Waals surface area contributed by atoms with E-state index in [1.165, 1.54) is 38.1 Å². The third-order valence-electron chi connectivity index (χ3n) is 3.82. The van der Waals surface area contributed by atoms with Crippen LogP contribution in [0.15, 0.2) is 4.99 Å². The fourth-order valence-corrected chi connectivity index (χ4v) is 3.65. The van der Waals surface area contributed by atoms with Gasteiger partial charge in [0.1, 0.15) is 0 Å². The van der Waals surface area contributed by atoms with Crippen molar-refractivity contribution in [3.8, 4) is 0 Å². The highest BCUT2D eigenvalue weighted by atomic mass is 32.2. The molecule has 2 N–H and O–H groups in total. The number of rotatable bonds is 5. The normalized spacial score (nSPS) is 29.1. The summed E-state index contributed by atoms with van der Waals surface area (Å²) in [6.45, 7) is 8.02. The highest BCUT2D eigenvalue weighted by molar-refractivity contribution is 8.00. The van der Waals surface area contributed by atoms with Gasteiger partial charge in [-0.05, 0) is 45.0 Å². The smallest absolute Gasteiger partial charge is 0.191 e. The van der Waals surface area contributed by atoms with E-state index < -0.39 is 0 Å². The second-order valence-electron chi connectivity index (χ2n) is 5.45. The first-order valence-corrected chi connectivity index (χ1v) is 8.01. The molecule has 0 radical (unpaired) electrons. The van der Waals surface area contributed by atoms with Crippen molar-refractivity contribution in [2.24, 2.45) is 4.99 Å². The molecule has 0 saturated carbocycles. The van der Waals surface area contributed by atoms with E-state index in [-0.39, 0.29) is 0 Å². The average molecular weight is 270 g/mol. The molecular formula is C13H26N4S. The maximum Gasteiger partial charge on any atom is 0.191 e. The Labute approximate surface area is 115 Å². The number of guanidine groups is 1. The molecule has 0 aromatic heterocycles. The van der Waals surface area contributed by atoms with E-state index in [4.69, 9.17) is 0 Å². The summed E-state index contributed by atoms with van der Waals surface area (Å²) in [5.74, 6) is 2.25. The van der Waals surface area contributed by atoms with Crippen molar-refractivity contribution in [1.82, 2.24) is 15.5 Å². The highest BCUT2D eigenvalue weighted by Crippen LogP contribution is 2.36. The molecule has 18 heavy (non-hydrogen) atoms. The van der Waals surface area contributed by atoms with Gasteiger partial charge in [-0.25, -0.2) is 0 Å². The maximum atomic E-state index is 4.29. The van der Waals surface area contributed by atoms with E-state index in [1.807, 2.05) is 7.05 Å². The Morgan fingerprint density at radius 1 is 1.33 bits per heavy atom. The fourth-order valence-electron chi connectivity index (χ4n) is 2.41. The lowest BCUT2D eigenvalue weighted by atomic mass is 10.1. The Kier molecular flexibility index (Phi) is 5.18. The van der Waals surface area contributed by atoms with E-state index in [9.17, 15) is 0 Å². The molecule has 0 aromatic carbocycles. The van der Waals surface area contributed by atoms with Gasteiger partial charge in [0, 0.05) is 31.4 Å². The molecule has 2 fully saturated rings. The zero-order valence-corrected chi connectivity index (χ0v) is 12.5. The lowest BCUT2D eigenvalue weighted by Gasteiger charge is -2.31. The SMILES string of the molecule is CN=C(NCCN1CCC1)NCC1(C)CCCS1. The molecule has 1 atom stereocenters. The van der Waals surface area contributed by atoms with Crippen molar-refractivity contribution in [2.45, 2.75) is 30.9 Å². The molecular weight excluding hydrogens is 244 g/mol. The average Bonchev–Trinajstić information content (AvgIpc) is 2.73. The van der Waals surface area contributed by atoms with Crippen LogP contribution in [-0.4, -0.2) is 61.1 Å². The summed E-state index contributed by atoms with van der Waals surface area (Å²) in [6.07, 6.45) is 4.03. The zero-order valence-electron chi connectivity index (χ0n) is 11.7. The van der Waals surface area contributed by atoms with Crippen LogP contribution in [0.3, 0.4) is 0 Å². The van der Waals surface area contributed by atoms with Crippen molar-refractivity contribution >= 4 is 17.7 Å². The monoisotopic (exact) mass is 270 g/mol. The number of aliphatic imine (C=N–C) groups is 1. The van der Waals surface area contributed by atoms with Gasteiger partial charge in [0.05, 0.1) is 0 Å². The first-order chi connectivity index (χ1) is 8.72. The third kappa shape index (κ3) is 4.05. The maximum absolute atomic E-state index is 4.29. The Balaban J connectivity index is 1.62. The third-order valence-corrected chi connectivity index (χ3v) is 5.36. The molecule has 0 amide bonds. The molecule has 2 aliphatic heterocycles. The summed E-state index contributed by atoms with van der Waals surface area (Å²) in [5.41, 5.74) is 0. The van der Waals surface area contributed by atoms with E-state index in [0.717, 1.165) is 25.6 Å². The largest absolute Gasteiger partial charge is 0.355 e. The first kappa shape index (κ1) is 14.0. The van der Waals surface area contributed by atoms with Gasteiger partial charge in [0.15, 0.2) is 5.96 Å². The van der Waals surface area contributed by atoms with Crippen LogP contribution in [0, 0.1) is 0 Å². The number of hydrogen-bond donors (Lipinski definition) is 2. The second kappa shape index (κ2) is 6.66. The van der Waals surface area contributed by atoms with Crippen molar-refractivity contribution in [3.05, 3.63) is 0 Å². The molecule has 0 aliphatic carbocycles. The first-order valence-electron chi connectivity index (χ1n) is 7.03. The van der Waals surface area contributed by atoms with Gasteiger partial charge in [-0.15, -0.1) is 0 Å². The molecule has 2 rings (SSSR count). The fraction of sp³-hybridized carbons (Fsp3) is 0.923. The number of likely N-dealkylation sites (tertiary alicyclic amines) is 1. The quantitative estimate of drug-likeness (QED) is 0.581. The van der Waals surface area contributed by atoms with E-state index in [1.54, 1.807) is 0 Å².